The van der Waals surface area contributed by atoms with E-state index in [4.69, 9.17) is 9.47 Å². The summed E-state index contributed by atoms with van der Waals surface area (Å²) in [4.78, 5) is 0. The Hall–Kier alpha value is -0.540. The van der Waals surface area contributed by atoms with Gasteiger partial charge in [0, 0.05) is 14.2 Å². The summed E-state index contributed by atoms with van der Waals surface area (Å²) in [5, 5.41) is 9.42. The maximum Gasteiger partial charge on any atom is 0.215 e. The highest BCUT2D eigenvalue weighted by atomic mass is 16.7. The van der Waals surface area contributed by atoms with Crippen LogP contribution in [0.25, 0.3) is 0 Å². The third kappa shape index (κ3) is 5.66. The smallest absolute Gasteiger partial charge is 0.215 e. The zero-order chi connectivity index (χ0) is 10.1. The van der Waals surface area contributed by atoms with Gasteiger partial charge in [-0.1, -0.05) is 19.8 Å². The van der Waals surface area contributed by atoms with Crippen molar-refractivity contribution in [2.45, 2.75) is 38.9 Å². The predicted molar refractivity (Wildman–Crippen MR) is 52.7 cm³/mol. The number of hydrogen-bond acceptors (Lipinski definition) is 3. The number of methoxy groups -OCH3 is 2. The highest BCUT2D eigenvalue weighted by Crippen LogP contribution is 2.07. The summed E-state index contributed by atoms with van der Waals surface area (Å²) >= 11 is 0. The van der Waals surface area contributed by atoms with Crippen LogP contribution in [0.2, 0.25) is 0 Å². The molecule has 0 unspecified atom stereocenters. The van der Waals surface area contributed by atoms with Crippen LogP contribution in [0.5, 0.6) is 0 Å². The Balaban J connectivity index is 3.71. The molecule has 0 aliphatic carbocycles. The molecule has 0 aromatic rings. The molecule has 0 fully saturated rings. The van der Waals surface area contributed by atoms with Gasteiger partial charge in [0.1, 0.15) is 5.76 Å². The fourth-order valence-corrected chi connectivity index (χ4v) is 1.08. The average Bonchev–Trinajstić information content (AvgIpc) is 2.14. The minimum absolute atomic E-state index is 0.168. The van der Waals surface area contributed by atoms with Crippen LogP contribution in [0.3, 0.4) is 0 Å². The molecule has 0 radical (unpaired) electrons. The summed E-state index contributed by atoms with van der Waals surface area (Å²) in [6.45, 7) is 2.15. The number of aliphatic hydroxyl groups excluding tert-OH is 1. The van der Waals surface area contributed by atoms with Gasteiger partial charge in [0.15, 0.2) is 0 Å². The molecule has 1 N–H and O–H groups in total. The molecule has 0 aromatic carbocycles. The molecule has 0 spiro atoms. The van der Waals surface area contributed by atoms with Crippen molar-refractivity contribution in [3.63, 3.8) is 0 Å². The first-order valence-electron chi connectivity index (χ1n) is 4.70. The van der Waals surface area contributed by atoms with Crippen LogP contribution >= 0.6 is 0 Å². The Morgan fingerprint density at radius 3 is 2.38 bits per heavy atom. The van der Waals surface area contributed by atoms with Gasteiger partial charge in [-0.05, 0) is 18.9 Å². The van der Waals surface area contributed by atoms with Gasteiger partial charge >= 0.3 is 0 Å². The van der Waals surface area contributed by atoms with Crippen molar-refractivity contribution in [2.75, 3.05) is 14.2 Å². The Morgan fingerprint density at radius 1 is 1.31 bits per heavy atom. The lowest BCUT2D eigenvalue weighted by Gasteiger charge is -2.11. The van der Waals surface area contributed by atoms with Gasteiger partial charge in [-0.2, -0.15) is 0 Å². The molecule has 0 saturated carbocycles. The molecule has 0 aliphatic heterocycles. The van der Waals surface area contributed by atoms with Crippen LogP contribution < -0.4 is 0 Å². The monoisotopic (exact) mass is 188 g/mol. The Labute approximate surface area is 80.4 Å². The number of hydrogen-bond donors (Lipinski definition) is 1. The molecular weight excluding hydrogens is 168 g/mol. The number of rotatable bonds is 7. The summed E-state index contributed by atoms with van der Waals surface area (Å²) in [6.07, 6.45) is 5.50. The van der Waals surface area contributed by atoms with E-state index in [2.05, 4.69) is 6.92 Å². The van der Waals surface area contributed by atoms with E-state index in [0.717, 1.165) is 12.8 Å². The van der Waals surface area contributed by atoms with Crippen molar-refractivity contribution >= 4 is 0 Å². The van der Waals surface area contributed by atoms with Crippen LogP contribution in [-0.2, 0) is 9.47 Å². The van der Waals surface area contributed by atoms with E-state index >= 15 is 0 Å². The van der Waals surface area contributed by atoms with Gasteiger partial charge in [0.05, 0.1) is 0 Å². The fraction of sp³-hybridized carbons (Fsp3) is 0.800. The Bertz CT molecular complexity index is 139. The molecule has 3 nitrogen and oxygen atoms in total. The van der Waals surface area contributed by atoms with Crippen molar-refractivity contribution < 1.29 is 14.6 Å². The molecule has 0 aromatic heterocycles. The van der Waals surface area contributed by atoms with Gasteiger partial charge in [0.2, 0.25) is 6.29 Å². The third-order valence-corrected chi connectivity index (χ3v) is 1.83. The lowest BCUT2D eigenvalue weighted by atomic mass is 10.2. The Morgan fingerprint density at radius 2 is 1.92 bits per heavy atom. The van der Waals surface area contributed by atoms with Crippen LogP contribution in [0.1, 0.15) is 32.6 Å². The number of ether oxygens (including phenoxy) is 2. The average molecular weight is 188 g/mol. The minimum atomic E-state index is -0.610. The molecule has 0 rings (SSSR count). The lowest BCUT2D eigenvalue weighted by molar-refractivity contribution is -0.0965. The third-order valence-electron chi connectivity index (χ3n) is 1.83. The quantitative estimate of drug-likeness (QED) is 0.379. The summed E-state index contributed by atoms with van der Waals surface area (Å²) in [7, 11) is 3.01. The summed E-state index contributed by atoms with van der Waals surface area (Å²) in [5.74, 6) is 0.168. The highest BCUT2D eigenvalue weighted by Gasteiger charge is 2.09. The second kappa shape index (κ2) is 8.08. The van der Waals surface area contributed by atoms with Gasteiger partial charge in [-0.15, -0.1) is 0 Å². The van der Waals surface area contributed by atoms with E-state index in [1.807, 2.05) is 0 Å². The van der Waals surface area contributed by atoms with Gasteiger partial charge in [-0.3, -0.25) is 0 Å². The SMILES string of the molecule is CCCCCC=C(O)C(OC)OC. The standard InChI is InChI=1S/C10H20O3/c1-4-5-6-7-8-9(11)10(12-2)13-3/h8,10-11H,4-7H2,1-3H3. The number of allylic oxidation sites excluding steroid dienone is 1. The van der Waals surface area contributed by atoms with Gasteiger partial charge in [0.25, 0.3) is 0 Å². The van der Waals surface area contributed by atoms with Crippen LogP contribution in [-0.4, -0.2) is 25.6 Å². The predicted octanol–water partition coefficient (Wildman–Crippen LogP) is 2.63. The second-order valence-electron chi connectivity index (χ2n) is 2.93. The van der Waals surface area contributed by atoms with Crippen molar-refractivity contribution in [1.29, 1.82) is 0 Å². The van der Waals surface area contributed by atoms with E-state index in [1.54, 1.807) is 6.08 Å². The van der Waals surface area contributed by atoms with Gasteiger partial charge < -0.3 is 14.6 Å². The summed E-state index contributed by atoms with van der Waals surface area (Å²) < 4.78 is 9.76. The van der Waals surface area contributed by atoms with Gasteiger partial charge in [-0.25, -0.2) is 0 Å². The van der Waals surface area contributed by atoms with Crippen LogP contribution in [0.4, 0.5) is 0 Å². The maximum absolute atomic E-state index is 9.42. The van der Waals surface area contributed by atoms with E-state index in [-0.39, 0.29) is 5.76 Å². The summed E-state index contributed by atoms with van der Waals surface area (Å²) in [6, 6.07) is 0. The van der Waals surface area contributed by atoms with Crippen LogP contribution in [0.15, 0.2) is 11.8 Å². The molecule has 0 amide bonds. The van der Waals surface area contributed by atoms with Crippen molar-refractivity contribution in [3.8, 4) is 0 Å². The molecule has 0 bridgehead atoms. The molecule has 0 saturated heterocycles. The fourth-order valence-electron chi connectivity index (χ4n) is 1.08. The van der Waals surface area contributed by atoms with Crippen molar-refractivity contribution in [1.82, 2.24) is 0 Å². The molecule has 0 heterocycles. The Kier molecular flexibility index (Phi) is 7.74. The molecule has 13 heavy (non-hydrogen) atoms. The first-order chi connectivity index (χ1) is 6.26. The van der Waals surface area contributed by atoms with E-state index in [9.17, 15) is 5.11 Å². The van der Waals surface area contributed by atoms with E-state index < -0.39 is 6.29 Å². The molecule has 0 aliphatic rings. The van der Waals surface area contributed by atoms with E-state index in [1.165, 1.54) is 27.1 Å². The van der Waals surface area contributed by atoms with E-state index in [0.29, 0.717) is 0 Å². The molecular formula is C10H20O3. The topological polar surface area (TPSA) is 38.7 Å². The van der Waals surface area contributed by atoms with Crippen LogP contribution in [0, 0.1) is 0 Å². The molecule has 3 heteroatoms. The number of aliphatic hydroxyl groups is 1. The largest absolute Gasteiger partial charge is 0.507 e. The first-order valence-corrected chi connectivity index (χ1v) is 4.70. The second-order valence-corrected chi connectivity index (χ2v) is 2.93. The minimum Gasteiger partial charge on any atom is -0.507 e. The zero-order valence-corrected chi connectivity index (χ0v) is 8.75. The highest BCUT2D eigenvalue weighted by molar-refractivity contribution is 4.94. The number of unbranched alkanes of at least 4 members (excludes halogenated alkanes) is 3. The van der Waals surface area contributed by atoms with Crippen molar-refractivity contribution in [2.24, 2.45) is 0 Å². The summed E-state index contributed by atoms with van der Waals surface area (Å²) in [5.41, 5.74) is 0. The van der Waals surface area contributed by atoms with Crippen molar-refractivity contribution in [3.05, 3.63) is 11.8 Å². The zero-order valence-electron chi connectivity index (χ0n) is 8.75. The molecule has 0 atom stereocenters. The first kappa shape index (κ1) is 12.5. The lowest BCUT2D eigenvalue weighted by Crippen LogP contribution is -2.15. The molecule has 78 valence electrons. The normalized spacial score (nSPS) is 12.5. The maximum atomic E-state index is 9.42.